The molecule has 2 aromatic heterocycles. The van der Waals surface area contributed by atoms with Crippen LogP contribution in [-0.2, 0) is 4.74 Å². The molecule has 0 atom stereocenters. The predicted molar refractivity (Wildman–Crippen MR) is 140 cm³/mol. The number of aromatic nitrogens is 3. The Morgan fingerprint density at radius 2 is 1.92 bits per heavy atom. The number of nitrogens with one attached hydrogen (secondary N) is 2. The van der Waals surface area contributed by atoms with Crippen LogP contribution in [0.5, 0.6) is 6.01 Å². The molecule has 3 heterocycles. The summed E-state index contributed by atoms with van der Waals surface area (Å²) in [7, 11) is 4.05. The largest absolute Gasteiger partial charge is 0.463 e. The molecule has 2 N–H and O–H groups in total. The van der Waals surface area contributed by atoms with Crippen molar-refractivity contribution in [1.29, 1.82) is 0 Å². The Labute approximate surface area is 211 Å². The number of amides is 1. The van der Waals surface area contributed by atoms with Gasteiger partial charge < -0.3 is 29.9 Å². The Balaban J connectivity index is 1.40. The van der Waals surface area contributed by atoms with Crippen LogP contribution in [0.2, 0.25) is 0 Å². The van der Waals surface area contributed by atoms with Crippen LogP contribution in [0.3, 0.4) is 0 Å². The number of hydrogen-bond donors (Lipinski definition) is 2. The lowest BCUT2D eigenvalue weighted by Gasteiger charge is -2.27. The molecule has 0 aliphatic carbocycles. The van der Waals surface area contributed by atoms with Crippen LogP contribution < -0.4 is 20.3 Å². The molecule has 0 bridgehead atoms. The minimum atomic E-state index is -0.197. The average molecular weight is 492 g/mol. The van der Waals surface area contributed by atoms with Gasteiger partial charge in [-0.15, -0.1) is 0 Å². The zero-order valence-corrected chi connectivity index (χ0v) is 21.0. The van der Waals surface area contributed by atoms with Gasteiger partial charge in [0, 0.05) is 49.0 Å². The van der Waals surface area contributed by atoms with Crippen molar-refractivity contribution in [2.24, 2.45) is 0 Å². The third kappa shape index (κ3) is 7.12. The number of aryl methyl sites for hydroxylation is 1. The van der Waals surface area contributed by atoms with Gasteiger partial charge in [0.1, 0.15) is 11.6 Å². The van der Waals surface area contributed by atoms with Crippen LogP contribution >= 0.6 is 0 Å². The summed E-state index contributed by atoms with van der Waals surface area (Å²) < 4.78 is 11.1. The van der Waals surface area contributed by atoms with Crippen molar-refractivity contribution in [3.05, 3.63) is 59.9 Å². The molecule has 0 radical (unpaired) electrons. The molecule has 1 saturated heterocycles. The van der Waals surface area contributed by atoms with Crippen molar-refractivity contribution in [2.75, 3.05) is 69.1 Å². The number of anilines is 4. The van der Waals surface area contributed by atoms with E-state index >= 15 is 0 Å². The number of nitrogens with zero attached hydrogens (tertiary/aromatic N) is 5. The van der Waals surface area contributed by atoms with E-state index in [2.05, 4.69) is 35.4 Å². The quantitative estimate of drug-likeness (QED) is 0.413. The maximum atomic E-state index is 13.0. The number of morpholine rings is 1. The summed E-state index contributed by atoms with van der Waals surface area (Å²) in [4.78, 5) is 30.3. The highest BCUT2D eigenvalue weighted by Crippen LogP contribution is 2.25. The maximum Gasteiger partial charge on any atom is 0.318 e. The molecule has 36 heavy (non-hydrogen) atoms. The lowest BCUT2D eigenvalue weighted by Crippen LogP contribution is -2.36. The first-order valence-corrected chi connectivity index (χ1v) is 12.1. The van der Waals surface area contributed by atoms with E-state index < -0.39 is 0 Å². The van der Waals surface area contributed by atoms with Gasteiger partial charge in [-0.25, -0.2) is 9.97 Å². The summed E-state index contributed by atoms with van der Waals surface area (Å²) in [6, 6.07) is 11.3. The number of rotatable bonds is 10. The summed E-state index contributed by atoms with van der Waals surface area (Å²) >= 11 is 0. The fraction of sp³-hybridized carbons (Fsp3) is 0.385. The molecular formula is C26H33N7O3. The Hall–Kier alpha value is -3.76. The van der Waals surface area contributed by atoms with Gasteiger partial charge in [0.15, 0.2) is 0 Å². The second kappa shape index (κ2) is 12.3. The molecule has 10 heteroatoms. The summed E-state index contributed by atoms with van der Waals surface area (Å²) in [5.74, 6) is 1.20. The molecule has 10 nitrogen and oxygen atoms in total. The zero-order chi connectivity index (χ0) is 25.3. The van der Waals surface area contributed by atoms with E-state index in [1.165, 1.54) is 0 Å². The van der Waals surface area contributed by atoms with Gasteiger partial charge in [-0.05, 0) is 63.3 Å². The Morgan fingerprint density at radius 1 is 1.11 bits per heavy atom. The second-order valence-corrected chi connectivity index (χ2v) is 8.84. The SMILES string of the molecule is Cc1ccc(NC(=O)c2ccnc(N3CCOCC3)c2)cc1Nc1ccnc(OCCCN(C)C)n1. The molecule has 190 valence electrons. The Morgan fingerprint density at radius 3 is 2.72 bits per heavy atom. The number of pyridine rings is 1. The summed E-state index contributed by atoms with van der Waals surface area (Å²) in [5.41, 5.74) is 3.06. The van der Waals surface area contributed by atoms with E-state index in [-0.39, 0.29) is 5.91 Å². The third-order valence-corrected chi connectivity index (χ3v) is 5.72. The molecule has 1 aliphatic rings. The van der Waals surface area contributed by atoms with E-state index in [4.69, 9.17) is 9.47 Å². The van der Waals surface area contributed by atoms with Crippen LogP contribution in [0.25, 0.3) is 0 Å². The van der Waals surface area contributed by atoms with E-state index in [9.17, 15) is 4.79 Å². The van der Waals surface area contributed by atoms with Crippen molar-refractivity contribution in [1.82, 2.24) is 19.9 Å². The first kappa shape index (κ1) is 25.3. The molecule has 1 fully saturated rings. The van der Waals surface area contributed by atoms with Crippen LogP contribution in [0.1, 0.15) is 22.3 Å². The summed E-state index contributed by atoms with van der Waals surface area (Å²) in [5, 5.41) is 6.29. The lowest BCUT2D eigenvalue weighted by molar-refractivity contribution is 0.102. The standard InChI is InChI=1S/C26H33N7O3/c1-19-5-6-21(29-25(34)20-7-9-27-24(17-20)33-12-15-35-16-13-33)18-22(19)30-23-8-10-28-26(31-23)36-14-4-11-32(2)3/h5-10,17-18H,4,11-16H2,1-3H3,(H,29,34)(H,28,30,31). The molecule has 0 saturated carbocycles. The van der Waals surface area contributed by atoms with Crippen molar-refractivity contribution < 1.29 is 14.3 Å². The lowest BCUT2D eigenvalue weighted by atomic mass is 10.1. The molecule has 0 spiro atoms. The van der Waals surface area contributed by atoms with E-state index in [0.29, 0.717) is 42.9 Å². The highest BCUT2D eigenvalue weighted by molar-refractivity contribution is 6.05. The van der Waals surface area contributed by atoms with Gasteiger partial charge in [-0.1, -0.05) is 6.07 Å². The van der Waals surface area contributed by atoms with Crippen molar-refractivity contribution in [2.45, 2.75) is 13.3 Å². The molecule has 1 aromatic carbocycles. The van der Waals surface area contributed by atoms with Gasteiger partial charge in [0.25, 0.3) is 5.91 Å². The van der Waals surface area contributed by atoms with E-state index in [1.807, 2.05) is 45.3 Å². The summed E-state index contributed by atoms with van der Waals surface area (Å²) in [6.07, 6.45) is 4.21. The van der Waals surface area contributed by atoms with Crippen LogP contribution in [0.4, 0.5) is 23.0 Å². The van der Waals surface area contributed by atoms with Crippen LogP contribution in [0.15, 0.2) is 48.8 Å². The van der Waals surface area contributed by atoms with Gasteiger partial charge in [-0.3, -0.25) is 4.79 Å². The molecule has 1 amide bonds. The first-order valence-electron chi connectivity index (χ1n) is 12.1. The van der Waals surface area contributed by atoms with Crippen LogP contribution in [0, 0.1) is 6.92 Å². The number of carbonyl (C=O) groups excluding carboxylic acids is 1. The smallest absolute Gasteiger partial charge is 0.318 e. The first-order chi connectivity index (χ1) is 17.5. The highest BCUT2D eigenvalue weighted by Gasteiger charge is 2.15. The van der Waals surface area contributed by atoms with Gasteiger partial charge >= 0.3 is 6.01 Å². The Bertz CT molecular complexity index is 1170. The fourth-order valence-corrected chi connectivity index (χ4v) is 3.72. The van der Waals surface area contributed by atoms with Crippen molar-refractivity contribution in [3.63, 3.8) is 0 Å². The monoisotopic (exact) mass is 491 g/mol. The topological polar surface area (TPSA) is 105 Å². The summed E-state index contributed by atoms with van der Waals surface area (Å²) in [6.45, 7) is 6.31. The van der Waals surface area contributed by atoms with E-state index in [0.717, 1.165) is 43.1 Å². The Kier molecular flexibility index (Phi) is 8.64. The number of hydrogen-bond acceptors (Lipinski definition) is 9. The highest BCUT2D eigenvalue weighted by atomic mass is 16.5. The predicted octanol–water partition coefficient (Wildman–Crippen LogP) is 3.34. The number of benzene rings is 1. The van der Waals surface area contributed by atoms with Crippen molar-refractivity contribution >= 4 is 28.9 Å². The third-order valence-electron chi connectivity index (χ3n) is 5.72. The molecule has 4 rings (SSSR count). The molecule has 3 aromatic rings. The minimum absolute atomic E-state index is 0.197. The van der Waals surface area contributed by atoms with Crippen molar-refractivity contribution in [3.8, 4) is 6.01 Å². The molecule has 1 aliphatic heterocycles. The normalized spacial score (nSPS) is 13.5. The number of ether oxygens (including phenoxy) is 2. The molecular weight excluding hydrogens is 458 g/mol. The minimum Gasteiger partial charge on any atom is -0.463 e. The fourth-order valence-electron chi connectivity index (χ4n) is 3.72. The molecule has 0 unspecified atom stereocenters. The average Bonchev–Trinajstić information content (AvgIpc) is 2.89. The van der Waals surface area contributed by atoms with Gasteiger partial charge in [0.05, 0.1) is 19.8 Å². The van der Waals surface area contributed by atoms with E-state index in [1.54, 1.807) is 24.5 Å². The van der Waals surface area contributed by atoms with Gasteiger partial charge in [-0.2, -0.15) is 4.98 Å². The number of carbonyl (C=O) groups is 1. The maximum absolute atomic E-state index is 13.0. The van der Waals surface area contributed by atoms with Gasteiger partial charge in [0.2, 0.25) is 0 Å². The van der Waals surface area contributed by atoms with Crippen LogP contribution in [-0.4, -0.2) is 79.3 Å². The second-order valence-electron chi connectivity index (χ2n) is 8.84. The zero-order valence-electron chi connectivity index (χ0n) is 21.0.